The van der Waals surface area contributed by atoms with E-state index in [1.165, 1.54) is 16.9 Å². The zero-order valence-corrected chi connectivity index (χ0v) is 20.7. The van der Waals surface area contributed by atoms with Gasteiger partial charge in [0.05, 0.1) is 18.0 Å². The number of benzene rings is 2. The van der Waals surface area contributed by atoms with Crippen molar-refractivity contribution in [3.8, 4) is 11.6 Å². The van der Waals surface area contributed by atoms with E-state index >= 15 is 0 Å². The molecule has 4 aromatic rings. The first-order valence-electron chi connectivity index (χ1n) is 11.3. The van der Waals surface area contributed by atoms with Gasteiger partial charge < -0.3 is 14.5 Å². The molecule has 34 heavy (non-hydrogen) atoms. The standard InChI is InChI=1S/C28H28N4OS/c1-28(2,3)20-12-14-30-27(16-20)34-23-9-7-8-22(18-23)33-26-17-21(13-15-29-26)32-19-31(4)24-10-5-6-11-25(24)32/h5-18H,19H2,1-4H3. The third-order valence-corrected chi connectivity index (χ3v) is 6.74. The minimum Gasteiger partial charge on any atom is -0.439 e. The third-order valence-electron chi connectivity index (χ3n) is 5.82. The number of para-hydroxylation sites is 2. The van der Waals surface area contributed by atoms with Gasteiger partial charge in [-0.25, -0.2) is 9.97 Å². The molecule has 0 saturated carbocycles. The molecular weight excluding hydrogens is 440 g/mol. The van der Waals surface area contributed by atoms with Crippen molar-refractivity contribution in [1.29, 1.82) is 0 Å². The number of ether oxygens (including phenoxy) is 1. The van der Waals surface area contributed by atoms with Gasteiger partial charge in [-0.1, -0.05) is 50.7 Å². The van der Waals surface area contributed by atoms with Crippen LogP contribution in [0, 0.1) is 0 Å². The van der Waals surface area contributed by atoms with Crippen molar-refractivity contribution in [3.63, 3.8) is 0 Å². The van der Waals surface area contributed by atoms with Gasteiger partial charge in [0.1, 0.15) is 10.8 Å². The Morgan fingerprint density at radius 3 is 2.47 bits per heavy atom. The molecule has 0 aliphatic carbocycles. The van der Waals surface area contributed by atoms with Crippen LogP contribution in [-0.2, 0) is 5.41 Å². The maximum atomic E-state index is 6.16. The van der Waals surface area contributed by atoms with E-state index in [0.29, 0.717) is 5.88 Å². The maximum absolute atomic E-state index is 6.16. The number of anilines is 3. The Morgan fingerprint density at radius 1 is 0.853 bits per heavy atom. The largest absolute Gasteiger partial charge is 0.439 e. The summed E-state index contributed by atoms with van der Waals surface area (Å²) in [6, 6.07) is 24.7. The molecule has 0 unspecified atom stereocenters. The molecular formula is C28H28N4OS. The molecule has 0 bridgehead atoms. The summed E-state index contributed by atoms with van der Waals surface area (Å²) in [5.74, 6) is 1.32. The summed E-state index contributed by atoms with van der Waals surface area (Å²) in [6.07, 6.45) is 3.68. The van der Waals surface area contributed by atoms with Crippen molar-refractivity contribution in [2.45, 2.75) is 36.1 Å². The van der Waals surface area contributed by atoms with Gasteiger partial charge >= 0.3 is 0 Å². The van der Waals surface area contributed by atoms with Gasteiger partial charge in [0.25, 0.3) is 0 Å². The molecule has 0 fully saturated rings. The SMILES string of the molecule is CN1CN(c2ccnc(Oc3cccc(Sc4cc(C(C)(C)C)ccn4)c3)c2)c2ccccc21. The van der Waals surface area contributed by atoms with Crippen LogP contribution in [0.1, 0.15) is 26.3 Å². The van der Waals surface area contributed by atoms with E-state index in [-0.39, 0.29) is 5.41 Å². The summed E-state index contributed by atoms with van der Waals surface area (Å²) in [5.41, 5.74) is 4.81. The van der Waals surface area contributed by atoms with Crippen molar-refractivity contribution in [3.05, 3.63) is 90.8 Å². The first-order valence-corrected chi connectivity index (χ1v) is 12.1. The van der Waals surface area contributed by atoms with Gasteiger partial charge in [-0.15, -0.1) is 0 Å². The number of nitrogens with zero attached hydrogens (tertiary/aromatic N) is 4. The van der Waals surface area contributed by atoms with Crippen molar-refractivity contribution >= 4 is 28.8 Å². The maximum Gasteiger partial charge on any atom is 0.221 e. The van der Waals surface area contributed by atoms with Crippen LogP contribution >= 0.6 is 11.8 Å². The van der Waals surface area contributed by atoms with Gasteiger partial charge in [-0.05, 0) is 59.5 Å². The van der Waals surface area contributed by atoms with E-state index in [4.69, 9.17) is 4.74 Å². The zero-order chi connectivity index (χ0) is 23.7. The van der Waals surface area contributed by atoms with Crippen LogP contribution in [0.2, 0.25) is 0 Å². The lowest BCUT2D eigenvalue weighted by Crippen LogP contribution is -2.23. The van der Waals surface area contributed by atoms with Crippen LogP contribution in [0.5, 0.6) is 11.6 Å². The summed E-state index contributed by atoms with van der Waals surface area (Å²) in [6.45, 7) is 7.43. The Kier molecular flexibility index (Phi) is 5.92. The molecule has 0 N–H and O–H groups in total. The fraction of sp³-hybridized carbons (Fsp3) is 0.214. The van der Waals surface area contributed by atoms with Crippen molar-refractivity contribution < 1.29 is 4.74 Å². The predicted molar refractivity (Wildman–Crippen MR) is 140 cm³/mol. The molecule has 0 saturated heterocycles. The van der Waals surface area contributed by atoms with E-state index < -0.39 is 0 Å². The van der Waals surface area contributed by atoms with Crippen molar-refractivity contribution in [2.24, 2.45) is 0 Å². The molecule has 5 nitrogen and oxygen atoms in total. The quantitative estimate of drug-likeness (QED) is 0.307. The smallest absolute Gasteiger partial charge is 0.221 e. The van der Waals surface area contributed by atoms with Gasteiger partial charge in [-0.2, -0.15) is 0 Å². The first kappa shape index (κ1) is 22.3. The van der Waals surface area contributed by atoms with Crippen molar-refractivity contribution in [1.82, 2.24) is 9.97 Å². The Hall–Kier alpha value is -3.51. The molecule has 2 aromatic carbocycles. The highest BCUT2D eigenvalue weighted by Crippen LogP contribution is 2.40. The number of pyridine rings is 2. The lowest BCUT2D eigenvalue weighted by molar-refractivity contribution is 0.462. The molecule has 1 aliphatic rings. The van der Waals surface area contributed by atoms with E-state index in [2.05, 4.69) is 90.1 Å². The molecule has 3 heterocycles. The molecule has 1 aliphatic heterocycles. The molecule has 0 amide bonds. The van der Waals surface area contributed by atoms with E-state index in [1.807, 2.05) is 36.5 Å². The molecule has 0 atom stereocenters. The first-order chi connectivity index (χ1) is 16.4. The van der Waals surface area contributed by atoms with Crippen molar-refractivity contribution in [2.75, 3.05) is 23.5 Å². The molecule has 172 valence electrons. The Balaban J connectivity index is 1.34. The number of hydrogen-bond acceptors (Lipinski definition) is 6. The highest BCUT2D eigenvalue weighted by molar-refractivity contribution is 7.99. The second-order valence-corrected chi connectivity index (χ2v) is 10.5. The molecule has 5 rings (SSSR count). The third kappa shape index (κ3) is 4.73. The lowest BCUT2D eigenvalue weighted by Gasteiger charge is -2.20. The van der Waals surface area contributed by atoms with Gasteiger partial charge in [-0.3, -0.25) is 0 Å². The van der Waals surface area contributed by atoms with Crippen LogP contribution in [0.3, 0.4) is 0 Å². The minimum atomic E-state index is 0.0879. The molecule has 2 aromatic heterocycles. The second-order valence-electron chi connectivity index (χ2n) is 9.42. The monoisotopic (exact) mass is 468 g/mol. The highest BCUT2D eigenvalue weighted by Gasteiger charge is 2.24. The van der Waals surface area contributed by atoms with Gasteiger partial charge in [0.2, 0.25) is 5.88 Å². The summed E-state index contributed by atoms with van der Waals surface area (Å²) >= 11 is 1.63. The fourth-order valence-corrected chi connectivity index (χ4v) is 4.86. The molecule has 6 heteroatoms. The van der Waals surface area contributed by atoms with E-state index in [9.17, 15) is 0 Å². The summed E-state index contributed by atoms with van der Waals surface area (Å²) in [4.78, 5) is 14.6. The topological polar surface area (TPSA) is 41.5 Å². The van der Waals surface area contributed by atoms with Gasteiger partial charge in [0, 0.05) is 36.1 Å². The Morgan fingerprint density at radius 2 is 1.65 bits per heavy atom. The summed E-state index contributed by atoms with van der Waals surface area (Å²) in [7, 11) is 2.10. The van der Waals surface area contributed by atoms with Gasteiger partial charge in [0.15, 0.2) is 0 Å². The average molecular weight is 469 g/mol. The zero-order valence-electron chi connectivity index (χ0n) is 19.9. The number of aromatic nitrogens is 2. The number of fused-ring (bicyclic) bond motifs is 1. The van der Waals surface area contributed by atoms with Crippen LogP contribution in [0.15, 0.2) is 95.1 Å². The van der Waals surface area contributed by atoms with Crippen LogP contribution < -0.4 is 14.5 Å². The Bertz CT molecular complexity index is 1320. The predicted octanol–water partition coefficient (Wildman–Crippen LogP) is 7.26. The van der Waals surface area contributed by atoms with Crippen LogP contribution in [-0.4, -0.2) is 23.7 Å². The second kappa shape index (κ2) is 9.03. The number of rotatable bonds is 5. The average Bonchev–Trinajstić information content (AvgIpc) is 3.16. The minimum absolute atomic E-state index is 0.0879. The lowest BCUT2D eigenvalue weighted by atomic mass is 9.88. The van der Waals surface area contributed by atoms with Crippen LogP contribution in [0.25, 0.3) is 0 Å². The molecule has 0 radical (unpaired) electrons. The summed E-state index contributed by atoms with van der Waals surface area (Å²) in [5, 5.41) is 0.974. The molecule has 0 spiro atoms. The highest BCUT2D eigenvalue weighted by atomic mass is 32.2. The van der Waals surface area contributed by atoms with Crippen LogP contribution in [0.4, 0.5) is 17.1 Å². The number of hydrogen-bond donors (Lipinski definition) is 0. The summed E-state index contributed by atoms with van der Waals surface area (Å²) < 4.78 is 6.16. The van der Waals surface area contributed by atoms with E-state index in [0.717, 1.165) is 28.0 Å². The van der Waals surface area contributed by atoms with E-state index in [1.54, 1.807) is 18.0 Å². The Labute approximate surface area is 205 Å². The normalized spacial score (nSPS) is 13.2. The fourth-order valence-electron chi connectivity index (χ4n) is 4.00.